The number of nitrogens with one attached hydrogen (secondary N) is 1. The van der Waals surface area contributed by atoms with Gasteiger partial charge in [0.2, 0.25) is 5.91 Å². The predicted molar refractivity (Wildman–Crippen MR) is 81.3 cm³/mol. The van der Waals surface area contributed by atoms with Gasteiger partial charge in [-0.05, 0) is 38.3 Å². The third kappa shape index (κ3) is 4.77. The first-order valence-corrected chi connectivity index (χ1v) is 7.42. The van der Waals surface area contributed by atoms with Crippen molar-refractivity contribution in [3.8, 4) is 0 Å². The van der Waals surface area contributed by atoms with Crippen molar-refractivity contribution < 1.29 is 14.7 Å². The number of nitrogens with zero attached hydrogens (tertiary/aromatic N) is 1. The van der Waals surface area contributed by atoms with Gasteiger partial charge in [0.05, 0.1) is 0 Å². The fraction of sp³-hybridized carbons (Fsp3) is 0.500. The molecule has 1 amide bonds. The first kappa shape index (κ1) is 15.4. The van der Waals surface area contributed by atoms with Gasteiger partial charge in [0.15, 0.2) is 0 Å². The van der Waals surface area contributed by atoms with Crippen LogP contribution in [0.5, 0.6) is 0 Å². The average molecular weight is 290 g/mol. The normalized spacial score (nSPS) is 15.3. The number of hydrogen-bond donors (Lipinski definition) is 2. The van der Waals surface area contributed by atoms with Crippen LogP contribution in [-0.2, 0) is 9.59 Å². The highest BCUT2D eigenvalue weighted by molar-refractivity contribution is 5.85. The molecule has 1 atom stereocenters. The van der Waals surface area contributed by atoms with E-state index in [4.69, 9.17) is 5.11 Å². The lowest BCUT2D eigenvalue weighted by Crippen LogP contribution is -2.46. The van der Waals surface area contributed by atoms with E-state index in [0.717, 1.165) is 18.5 Å². The monoisotopic (exact) mass is 290 g/mol. The van der Waals surface area contributed by atoms with Gasteiger partial charge in [-0.1, -0.05) is 18.2 Å². The molecular formula is C16H22N2O3. The SMILES string of the molecule is CC(C(=O)NC1CC1)N(CCCC(=O)O)c1ccccc1. The predicted octanol–water partition coefficient (Wildman–Crippen LogP) is 2.02. The van der Waals surface area contributed by atoms with Crippen LogP contribution in [0, 0.1) is 0 Å². The molecule has 0 spiro atoms. The Morgan fingerprint density at radius 3 is 2.57 bits per heavy atom. The molecule has 5 nitrogen and oxygen atoms in total. The quantitative estimate of drug-likeness (QED) is 0.768. The van der Waals surface area contributed by atoms with E-state index in [2.05, 4.69) is 5.32 Å². The fourth-order valence-electron chi connectivity index (χ4n) is 2.26. The minimum atomic E-state index is -0.807. The number of hydrogen-bond acceptors (Lipinski definition) is 3. The van der Waals surface area contributed by atoms with Crippen LogP contribution in [0.3, 0.4) is 0 Å². The Labute approximate surface area is 125 Å². The minimum Gasteiger partial charge on any atom is -0.481 e. The van der Waals surface area contributed by atoms with Gasteiger partial charge < -0.3 is 15.3 Å². The topological polar surface area (TPSA) is 69.6 Å². The summed E-state index contributed by atoms with van der Waals surface area (Å²) in [5.74, 6) is -0.797. The molecular weight excluding hydrogens is 268 g/mol. The smallest absolute Gasteiger partial charge is 0.303 e. The first-order valence-electron chi connectivity index (χ1n) is 7.42. The van der Waals surface area contributed by atoms with Crippen molar-refractivity contribution in [1.82, 2.24) is 5.32 Å². The van der Waals surface area contributed by atoms with Crippen molar-refractivity contribution in [1.29, 1.82) is 0 Å². The lowest BCUT2D eigenvalue weighted by molar-refractivity contribution is -0.137. The molecule has 1 aromatic carbocycles. The third-order valence-electron chi connectivity index (χ3n) is 3.65. The molecule has 0 aliphatic heterocycles. The summed E-state index contributed by atoms with van der Waals surface area (Å²) < 4.78 is 0. The van der Waals surface area contributed by atoms with E-state index in [-0.39, 0.29) is 18.4 Å². The van der Waals surface area contributed by atoms with Crippen LogP contribution in [0.1, 0.15) is 32.6 Å². The lowest BCUT2D eigenvalue weighted by Gasteiger charge is -2.30. The Morgan fingerprint density at radius 1 is 1.33 bits per heavy atom. The number of carboxylic acid groups (broad SMARTS) is 1. The molecule has 0 aromatic heterocycles. The van der Waals surface area contributed by atoms with Gasteiger partial charge in [-0.3, -0.25) is 9.59 Å². The second kappa shape index (κ2) is 7.11. The Morgan fingerprint density at radius 2 is 2.00 bits per heavy atom. The summed E-state index contributed by atoms with van der Waals surface area (Å²) in [4.78, 5) is 24.9. The van der Waals surface area contributed by atoms with Gasteiger partial charge in [-0.15, -0.1) is 0 Å². The summed E-state index contributed by atoms with van der Waals surface area (Å²) in [6.45, 7) is 2.42. The molecule has 0 heterocycles. The number of carbonyl (C=O) groups is 2. The van der Waals surface area contributed by atoms with Crippen molar-refractivity contribution in [3.63, 3.8) is 0 Å². The first-order chi connectivity index (χ1) is 10.1. The summed E-state index contributed by atoms with van der Waals surface area (Å²) in [6.07, 6.45) is 2.75. The number of carbonyl (C=O) groups excluding carboxylic acids is 1. The van der Waals surface area contributed by atoms with E-state index in [1.165, 1.54) is 0 Å². The van der Waals surface area contributed by atoms with Crippen LogP contribution < -0.4 is 10.2 Å². The van der Waals surface area contributed by atoms with Crippen molar-refractivity contribution in [2.24, 2.45) is 0 Å². The van der Waals surface area contributed by atoms with Crippen LogP contribution in [0.25, 0.3) is 0 Å². The number of carboxylic acids is 1. The van der Waals surface area contributed by atoms with E-state index in [1.807, 2.05) is 42.2 Å². The van der Waals surface area contributed by atoms with E-state index < -0.39 is 5.97 Å². The maximum Gasteiger partial charge on any atom is 0.303 e. The number of amides is 1. The van der Waals surface area contributed by atoms with Gasteiger partial charge in [0, 0.05) is 24.7 Å². The van der Waals surface area contributed by atoms with E-state index in [0.29, 0.717) is 19.0 Å². The van der Waals surface area contributed by atoms with E-state index in [9.17, 15) is 9.59 Å². The van der Waals surface area contributed by atoms with Gasteiger partial charge in [0.1, 0.15) is 6.04 Å². The van der Waals surface area contributed by atoms with Crippen LogP contribution in [-0.4, -0.2) is 35.6 Å². The number of rotatable bonds is 8. The van der Waals surface area contributed by atoms with Gasteiger partial charge >= 0.3 is 5.97 Å². The lowest BCUT2D eigenvalue weighted by atomic mass is 10.1. The van der Waals surface area contributed by atoms with E-state index >= 15 is 0 Å². The molecule has 114 valence electrons. The molecule has 21 heavy (non-hydrogen) atoms. The molecule has 1 aliphatic rings. The molecule has 2 N–H and O–H groups in total. The summed E-state index contributed by atoms with van der Waals surface area (Å²) >= 11 is 0. The second-order valence-electron chi connectivity index (χ2n) is 5.49. The molecule has 1 saturated carbocycles. The molecule has 1 aliphatic carbocycles. The van der Waals surface area contributed by atoms with Crippen LogP contribution >= 0.6 is 0 Å². The Kier molecular flexibility index (Phi) is 5.20. The Balaban J connectivity index is 2.02. The summed E-state index contributed by atoms with van der Waals surface area (Å²) in [7, 11) is 0. The Hall–Kier alpha value is -2.04. The summed E-state index contributed by atoms with van der Waals surface area (Å²) in [5.41, 5.74) is 0.946. The highest BCUT2D eigenvalue weighted by Gasteiger charge is 2.28. The zero-order valence-corrected chi connectivity index (χ0v) is 12.3. The van der Waals surface area contributed by atoms with Crippen molar-refractivity contribution in [2.75, 3.05) is 11.4 Å². The molecule has 5 heteroatoms. The molecule has 1 unspecified atom stereocenters. The standard InChI is InChI=1S/C16H22N2O3/c1-12(16(21)17-13-9-10-13)18(11-5-8-15(19)20)14-6-3-2-4-7-14/h2-4,6-7,12-13H,5,8-11H2,1H3,(H,17,21)(H,19,20). The molecule has 2 rings (SSSR count). The van der Waals surface area contributed by atoms with Crippen molar-refractivity contribution in [3.05, 3.63) is 30.3 Å². The molecule has 1 fully saturated rings. The molecule has 0 radical (unpaired) electrons. The fourth-order valence-corrected chi connectivity index (χ4v) is 2.26. The molecule has 0 bridgehead atoms. The maximum absolute atomic E-state index is 12.2. The third-order valence-corrected chi connectivity index (χ3v) is 3.65. The average Bonchev–Trinajstić information content (AvgIpc) is 3.27. The maximum atomic E-state index is 12.2. The van der Waals surface area contributed by atoms with Gasteiger partial charge in [0.25, 0.3) is 0 Å². The van der Waals surface area contributed by atoms with Crippen LogP contribution in [0.4, 0.5) is 5.69 Å². The van der Waals surface area contributed by atoms with Gasteiger partial charge in [-0.25, -0.2) is 0 Å². The van der Waals surface area contributed by atoms with Crippen LogP contribution in [0.15, 0.2) is 30.3 Å². The number of para-hydroxylation sites is 1. The second-order valence-corrected chi connectivity index (χ2v) is 5.49. The molecule has 1 aromatic rings. The highest BCUT2D eigenvalue weighted by Crippen LogP contribution is 2.21. The van der Waals surface area contributed by atoms with Crippen molar-refractivity contribution >= 4 is 17.6 Å². The number of benzene rings is 1. The summed E-state index contributed by atoms with van der Waals surface area (Å²) in [6, 6.07) is 9.69. The summed E-state index contributed by atoms with van der Waals surface area (Å²) in [5, 5.41) is 11.8. The van der Waals surface area contributed by atoms with Crippen molar-refractivity contribution in [2.45, 2.75) is 44.7 Å². The molecule has 0 saturated heterocycles. The highest BCUT2D eigenvalue weighted by atomic mass is 16.4. The Bertz CT molecular complexity index is 486. The zero-order chi connectivity index (χ0) is 15.2. The van der Waals surface area contributed by atoms with E-state index in [1.54, 1.807) is 0 Å². The van der Waals surface area contributed by atoms with Crippen LogP contribution in [0.2, 0.25) is 0 Å². The zero-order valence-electron chi connectivity index (χ0n) is 12.3. The van der Waals surface area contributed by atoms with Gasteiger partial charge in [-0.2, -0.15) is 0 Å². The number of anilines is 1. The largest absolute Gasteiger partial charge is 0.481 e. The number of aliphatic carboxylic acids is 1. The minimum absolute atomic E-state index is 0.0108.